The predicted octanol–water partition coefficient (Wildman–Crippen LogP) is 3.29. The number of nitrogens with one attached hydrogen (secondary N) is 1. The van der Waals surface area contributed by atoms with Gasteiger partial charge in [-0.15, -0.1) is 0 Å². The highest BCUT2D eigenvalue weighted by atomic mass is 19.4. The molecule has 0 saturated heterocycles. The van der Waals surface area contributed by atoms with Crippen LogP contribution in [0.15, 0.2) is 30.5 Å². The molecule has 4 aromatic rings. The second-order valence-corrected chi connectivity index (χ2v) is 8.35. The van der Waals surface area contributed by atoms with E-state index in [1.165, 1.54) is 35.1 Å². The Balaban J connectivity index is 1.65. The lowest BCUT2D eigenvalue weighted by Crippen LogP contribution is -2.33. The zero-order valence-corrected chi connectivity index (χ0v) is 18.5. The summed E-state index contributed by atoms with van der Waals surface area (Å²) in [6.07, 6.45) is -4.48. The van der Waals surface area contributed by atoms with Gasteiger partial charge in [0, 0.05) is 13.5 Å². The number of benzene rings is 1. The number of aryl methyl sites for hydroxylation is 2. The van der Waals surface area contributed by atoms with E-state index in [0.717, 1.165) is 0 Å². The van der Waals surface area contributed by atoms with Crippen LogP contribution in [0.4, 0.5) is 29.2 Å². The summed E-state index contributed by atoms with van der Waals surface area (Å²) < 4.78 is 53.3. The maximum atomic E-state index is 13.5. The second-order valence-electron chi connectivity index (χ2n) is 8.35. The average Bonchev–Trinajstić information content (AvgIpc) is 3.29. The van der Waals surface area contributed by atoms with Crippen molar-refractivity contribution in [2.45, 2.75) is 31.4 Å². The van der Waals surface area contributed by atoms with Gasteiger partial charge in [0.1, 0.15) is 34.4 Å². The van der Waals surface area contributed by atoms with Gasteiger partial charge in [-0.3, -0.25) is 9.48 Å². The van der Waals surface area contributed by atoms with Crippen LogP contribution >= 0.6 is 0 Å². The van der Waals surface area contributed by atoms with Crippen molar-refractivity contribution in [1.29, 1.82) is 0 Å². The molecule has 3 N–H and O–H groups in total. The van der Waals surface area contributed by atoms with E-state index in [2.05, 4.69) is 30.4 Å². The van der Waals surface area contributed by atoms with Crippen molar-refractivity contribution in [3.05, 3.63) is 53.2 Å². The molecule has 1 aromatic carbocycles. The molecule has 0 spiro atoms. The number of aromatic nitrogens is 6. The minimum atomic E-state index is -4.38. The van der Waals surface area contributed by atoms with E-state index >= 15 is 0 Å². The maximum absolute atomic E-state index is 13.5. The van der Waals surface area contributed by atoms with Crippen LogP contribution in [0.1, 0.15) is 30.3 Å². The number of hydrogen-bond donors (Lipinski definition) is 2. The first-order valence-electron chi connectivity index (χ1n) is 10.5. The minimum absolute atomic E-state index is 0.00133. The molecule has 0 aliphatic carbocycles. The number of nitrogens with two attached hydrogens (primary N) is 1. The van der Waals surface area contributed by atoms with Gasteiger partial charge in [-0.1, -0.05) is 12.1 Å². The fraction of sp³-hybridized carbons (Fsp3) is 0.273. The number of halogens is 4. The van der Waals surface area contributed by atoms with Crippen molar-refractivity contribution in [1.82, 2.24) is 29.7 Å². The van der Waals surface area contributed by atoms with Gasteiger partial charge in [0.05, 0.1) is 23.6 Å². The normalized spacial score (nSPS) is 17.6. The lowest BCUT2D eigenvalue weighted by molar-refractivity contribution is -0.134. The molecule has 1 atom stereocenters. The monoisotopic (exact) mass is 486 g/mol. The molecular weight excluding hydrogens is 468 g/mol. The number of anilines is 2. The van der Waals surface area contributed by atoms with Gasteiger partial charge in [0.25, 0.3) is 0 Å². The molecule has 13 heteroatoms. The maximum Gasteiger partial charge on any atom is 0.389 e. The molecule has 180 valence electrons. The Morgan fingerprint density at radius 3 is 2.51 bits per heavy atom. The van der Waals surface area contributed by atoms with E-state index in [9.17, 15) is 22.4 Å². The van der Waals surface area contributed by atoms with E-state index in [1.54, 1.807) is 14.0 Å². The average molecular weight is 486 g/mol. The van der Waals surface area contributed by atoms with E-state index in [4.69, 9.17) is 5.73 Å². The zero-order chi connectivity index (χ0) is 25.1. The minimum Gasteiger partial charge on any atom is -0.383 e. The summed E-state index contributed by atoms with van der Waals surface area (Å²) >= 11 is 0. The standard InChI is InChI=1S/C22H18F4N8O/c1-21(10-3-5-11(23)6-4-10)14-16(27)31-18(32-17(14)33-20(21)35)15-12-9-28-34(2)19(12)30-13(29-15)7-8-22(24,25)26/h3-6,9H,7-8H2,1-2H3,(H3,27,31,32,33,35). The number of rotatable bonds is 4. The molecule has 35 heavy (non-hydrogen) atoms. The van der Waals surface area contributed by atoms with Crippen molar-refractivity contribution in [3.8, 4) is 11.5 Å². The summed E-state index contributed by atoms with van der Waals surface area (Å²) in [6.45, 7) is 1.63. The number of carbonyl (C=O) groups excluding carboxylic acids is 1. The van der Waals surface area contributed by atoms with Crippen molar-refractivity contribution < 1.29 is 22.4 Å². The van der Waals surface area contributed by atoms with Gasteiger partial charge >= 0.3 is 6.18 Å². The van der Waals surface area contributed by atoms with Gasteiger partial charge in [0.2, 0.25) is 5.91 Å². The lowest BCUT2D eigenvalue weighted by atomic mass is 9.78. The largest absolute Gasteiger partial charge is 0.389 e. The summed E-state index contributed by atoms with van der Waals surface area (Å²) in [4.78, 5) is 30.3. The number of nitrogen functional groups attached to an aromatic ring is 1. The molecule has 1 amide bonds. The number of fused-ring (bicyclic) bond motifs is 2. The molecule has 0 fully saturated rings. The Hall–Kier alpha value is -4.16. The fourth-order valence-corrected chi connectivity index (χ4v) is 4.18. The number of alkyl halides is 3. The van der Waals surface area contributed by atoms with Crippen LogP contribution in [0.25, 0.3) is 22.6 Å². The van der Waals surface area contributed by atoms with Crippen molar-refractivity contribution in [3.63, 3.8) is 0 Å². The van der Waals surface area contributed by atoms with Crippen LogP contribution < -0.4 is 11.1 Å². The summed E-state index contributed by atoms with van der Waals surface area (Å²) in [5.74, 6) is -0.840. The highest BCUT2D eigenvalue weighted by Gasteiger charge is 2.47. The second kappa shape index (κ2) is 7.68. The number of hydrogen-bond acceptors (Lipinski definition) is 7. The molecule has 3 aromatic heterocycles. The van der Waals surface area contributed by atoms with Crippen LogP contribution in [0.3, 0.4) is 0 Å². The van der Waals surface area contributed by atoms with Gasteiger partial charge < -0.3 is 11.1 Å². The molecule has 1 unspecified atom stereocenters. The quantitative estimate of drug-likeness (QED) is 0.424. The van der Waals surface area contributed by atoms with E-state index < -0.39 is 36.2 Å². The fourth-order valence-electron chi connectivity index (χ4n) is 4.18. The van der Waals surface area contributed by atoms with Gasteiger partial charge in [-0.05, 0) is 24.6 Å². The molecule has 0 radical (unpaired) electrons. The molecule has 4 heterocycles. The highest BCUT2D eigenvalue weighted by molar-refractivity contribution is 6.09. The SMILES string of the molecule is Cn1ncc2c(-c3nc(N)c4c(n3)NC(=O)C4(C)c3ccc(F)cc3)nc(CCC(F)(F)F)nc21. The smallest absolute Gasteiger partial charge is 0.383 e. The summed E-state index contributed by atoms with van der Waals surface area (Å²) in [5.41, 5.74) is 6.25. The van der Waals surface area contributed by atoms with E-state index in [0.29, 0.717) is 22.2 Å². The Morgan fingerprint density at radius 2 is 1.83 bits per heavy atom. The lowest BCUT2D eigenvalue weighted by Gasteiger charge is -2.23. The first kappa shape index (κ1) is 22.6. The number of amides is 1. The summed E-state index contributed by atoms with van der Waals surface area (Å²) in [7, 11) is 1.60. The van der Waals surface area contributed by atoms with Crippen molar-refractivity contribution in [2.75, 3.05) is 11.1 Å². The van der Waals surface area contributed by atoms with Crippen LogP contribution in [0.2, 0.25) is 0 Å². The Labute approximate surface area is 195 Å². The van der Waals surface area contributed by atoms with E-state index in [-0.39, 0.29) is 29.0 Å². The molecule has 9 nitrogen and oxygen atoms in total. The Morgan fingerprint density at radius 1 is 1.11 bits per heavy atom. The third kappa shape index (κ3) is 3.72. The van der Waals surface area contributed by atoms with Crippen LogP contribution in [0.5, 0.6) is 0 Å². The van der Waals surface area contributed by atoms with Crippen LogP contribution in [0, 0.1) is 5.82 Å². The van der Waals surface area contributed by atoms with Crippen molar-refractivity contribution >= 4 is 28.6 Å². The first-order chi connectivity index (χ1) is 16.5. The predicted molar refractivity (Wildman–Crippen MR) is 118 cm³/mol. The number of nitrogens with zero attached hydrogens (tertiary/aromatic N) is 6. The third-order valence-electron chi connectivity index (χ3n) is 6.03. The summed E-state index contributed by atoms with van der Waals surface area (Å²) in [5, 5.41) is 7.21. The molecule has 1 aliphatic heterocycles. The van der Waals surface area contributed by atoms with Crippen LogP contribution in [-0.2, 0) is 23.7 Å². The van der Waals surface area contributed by atoms with Crippen molar-refractivity contribution in [2.24, 2.45) is 7.05 Å². The van der Waals surface area contributed by atoms with Gasteiger partial charge in [-0.25, -0.2) is 24.3 Å². The topological polar surface area (TPSA) is 124 Å². The summed E-state index contributed by atoms with van der Waals surface area (Å²) in [6, 6.07) is 5.43. The Bertz CT molecular complexity index is 1480. The highest BCUT2D eigenvalue weighted by Crippen LogP contribution is 2.45. The van der Waals surface area contributed by atoms with Crippen LogP contribution in [-0.4, -0.2) is 41.8 Å². The van der Waals surface area contributed by atoms with E-state index in [1.807, 2.05) is 0 Å². The zero-order valence-electron chi connectivity index (χ0n) is 18.5. The molecule has 0 bridgehead atoms. The molecule has 1 aliphatic rings. The molecule has 5 rings (SSSR count). The van der Waals surface area contributed by atoms with Gasteiger partial charge in [-0.2, -0.15) is 18.3 Å². The first-order valence-corrected chi connectivity index (χ1v) is 10.5. The third-order valence-corrected chi connectivity index (χ3v) is 6.03. The van der Waals surface area contributed by atoms with Gasteiger partial charge in [0.15, 0.2) is 11.5 Å². The Kier molecular flexibility index (Phi) is 4.97. The molecular formula is C22H18F4N8O. The molecule has 0 saturated carbocycles. The number of carbonyl (C=O) groups is 1.